The number of ether oxygens (including phenoxy) is 3. The second kappa shape index (κ2) is 12.8. The van der Waals surface area contributed by atoms with E-state index in [0.717, 1.165) is 17.7 Å². The van der Waals surface area contributed by atoms with E-state index in [9.17, 15) is 14.0 Å². The number of likely N-dealkylation sites (tertiary alicyclic amines) is 1. The highest BCUT2D eigenvalue weighted by atomic mass is 19.1. The lowest BCUT2D eigenvalue weighted by Crippen LogP contribution is -2.57. The number of pyridine rings is 1. The largest absolute Gasteiger partial charge is 0.493 e. The zero-order valence-corrected chi connectivity index (χ0v) is 22.4. The fraction of sp³-hybridized carbons (Fsp3) is 0.367. The van der Waals surface area contributed by atoms with Crippen LogP contribution in [0.5, 0.6) is 17.2 Å². The number of rotatable bonds is 3. The summed E-state index contributed by atoms with van der Waals surface area (Å²) in [4.78, 5) is 31.9. The molecule has 3 aromatic rings. The molecule has 2 aliphatic rings. The lowest BCUT2D eigenvalue weighted by atomic mass is 10.0. The van der Waals surface area contributed by atoms with Crippen molar-refractivity contribution in [2.45, 2.75) is 44.5 Å². The van der Waals surface area contributed by atoms with Gasteiger partial charge in [-0.25, -0.2) is 4.39 Å². The maximum absolute atomic E-state index is 14.5. The molecule has 9 nitrogen and oxygen atoms in total. The number of nitrogens with zero attached hydrogens (tertiary/aromatic N) is 2. The molecule has 0 aliphatic carbocycles. The molecule has 1 saturated heterocycles. The molecule has 0 unspecified atom stereocenters. The van der Waals surface area contributed by atoms with Crippen molar-refractivity contribution in [2.24, 2.45) is 0 Å². The Kier molecular flexibility index (Phi) is 8.75. The second-order valence-electron chi connectivity index (χ2n) is 10.1. The highest BCUT2D eigenvalue weighted by Gasteiger charge is 2.32. The van der Waals surface area contributed by atoms with Gasteiger partial charge in [0.15, 0.2) is 18.1 Å². The molecule has 40 heavy (non-hydrogen) atoms. The minimum absolute atomic E-state index is 0.160. The van der Waals surface area contributed by atoms with Gasteiger partial charge in [0.05, 0.1) is 13.2 Å². The topological polar surface area (TPSA) is 102 Å². The second-order valence-corrected chi connectivity index (χ2v) is 10.1. The summed E-state index contributed by atoms with van der Waals surface area (Å²) in [6.07, 6.45) is 4.45. The van der Waals surface area contributed by atoms with Gasteiger partial charge in [-0.1, -0.05) is 6.07 Å². The first-order chi connectivity index (χ1) is 19.4. The molecular formula is C30H33FN4O5. The molecule has 0 saturated carbocycles. The summed E-state index contributed by atoms with van der Waals surface area (Å²) in [7, 11) is 1.53. The first kappa shape index (κ1) is 27.4. The molecule has 4 bridgehead atoms. The van der Waals surface area contributed by atoms with Crippen LogP contribution < -0.4 is 24.8 Å². The Labute approximate surface area is 232 Å². The van der Waals surface area contributed by atoms with Crippen molar-refractivity contribution in [3.63, 3.8) is 0 Å². The highest BCUT2D eigenvalue weighted by Crippen LogP contribution is 2.29. The van der Waals surface area contributed by atoms with Gasteiger partial charge < -0.3 is 24.8 Å². The average Bonchev–Trinajstić information content (AvgIpc) is 2.95. The third-order valence-corrected chi connectivity index (χ3v) is 7.07. The summed E-state index contributed by atoms with van der Waals surface area (Å²) >= 11 is 0. The zero-order chi connectivity index (χ0) is 27.9. The number of aryl methyl sites for hydroxylation is 1. The summed E-state index contributed by atoms with van der Waals surface area (Å²) in [6, 6.07) is 13.4. The molecule has 2 aromatic carbocycles. The summed E-state index contributed by atoms with van der Waals surface area (Å²) in [6.45, 7) is 1.92. The Morgan fingerprint density at radius 1 is 1.05 bits per heavy atom. The minimum Gasteiger partial charge on any atom is -0.493 e. The fourth-order valence-electron chi connectivity index (χ4n) is 5.06. The monoisotopic (exact) mass is 548 g/mol. The van der Waals surface area contributed by atoms with Crippen LogP contribution in [0.3, 0.4) is 0 Å². The van der Waals surface area contributed by atoms with Gasteiger partial charge in [0.25, 0.3) is 5.91 Å². The third kappa shape index (κ3) is 7.26. The standard InChI is InChI=1S/C30H33FN4O5/c1-38-27-4-2-20-3-5-29(36)33-16-22-12-23(31)15-24(13-22)40-26-8-11-35(17-21-6-9-32-10-7-21)18-25(26)34-30(37)19-39-28(27)14-20/h2,4,6-7,9-10,12-15,25-26H,3,5,8,11,16-19H2,1H3,(H,33,36)(H,34,37)/t25-,26-/m1/s1. The van der Waals surface area contributed by atoms with E-state index in [1.165, 1.54) is 19.2 Å². The minimum atomic E-state index is -0.453. The molecule has 10 heteroatoms. The Morgan fingerprint density at radius 2 is 1.90 bits per heavy atom. The molecule has 1 fully saturated rings. The van der Waals surface area contributed by atoms with Gasteiger partial charge in [-0.3, -0.25) is 19.5 Å². The van der Waals surface area contributed by atoms with Crippen LogP contribution in [0, 0.1) is 5.82 Å². The number of halogens is 1. The van der Waals surface area contributed by atoms with Crippen LogP contribution in [0.15, 0.2) is 60.9 Å². The molecule has 2 aliphatic heterocycles. The van der Waals surface area contributed by atoms with Crippen LogP contribution >= 0.6 is 0 Å². The molecule has 5 rings (SSSR count). The van der Waals surface area contributed by atoms with Crippen molar-refractivity contribution in [3.05, 3.63) is 83.4 Å². The number of nitrogens with one attached hydrogen (secondary N) is 2. The van der Waals surface area contributed by atoms with E-state index < -0.39 is 11.9 Å². The molecule has 2 atom stereocenters. The molecular weight excluding hydrogens is 515 g/mol. The van der Waals surface area contributed by atoms with Crippen molar-refractivity contribution >= 4 is 11.8 Å². The predicted molar refractivity (Wildman–Crippen MR) is 146 cm³/mol. The first-order valence-electron chi connectivity index (χ1n) is 13.4. The lowest BCUT2D eigenvalue weighted by Gasteiger charge is -2.39. The van der Waals surface area contributed by atoms with Gasteiger partial charge in [-0.2, -0.15) is 0 Å². The van der Waals surface area contributed by atoms with Crippen molar-refractivity contribution in [3.8, 4) is 17.2 Å². The van der Waals surface area contributed by atoms with Gasteiger partial charge >= 0.3 is 0 Å². The number of hydrogen-bond donors (Lipinski definition) is 2. The zero-order valence-electron chi connectivity index (χ0n) is 22.4. The normalized spacial score (nSPS) is 20.4. The average molecular weight is 549 g/mol. The number of hydrogen-bond acceptors (Lipinski definition) is 7. The summed E-state index contributed by atoms with van der Waals surface area (Å²) < 4.78 is 32.0. The lowest BCUT2D eigenvalue weighted by molar-refractivity contribution is -0.125. The number of piperidine rings is 1. The van der Waals surface area contributed by atoms with Crippen molar-refractivity contribution < 1.29 is 28.2 Å². The first-order valence-corrected chi connectivity index (χ1v) is 13.4. The van der Waals surface area contributed by atoms with Crippen molar-refractivity contribution in [1.82, 2.24) is 20.5 Å². The number of carbonyl (C=O) groups excluding carboxylic acids is 2. The van der Waals surface area contributed by atoms with Crippen LogP contribution in [-0.4, -0.2) is 60.7 Å². The highest BCUT2D eigenvalue weighted by molar-refractivity contribution is 5.78. The molecule has 210 valence electrons. The Bertz CT molecular complexity index is 1340. The van der Waals surface area contributed by atoms with Crippen molar-refractivity contribution in [1.29, 1.82) is 0 Å². The number of fused-ring (bicyclic) bond motifs is 5. The smallest absolute Gasteiger partial charge is 0.258 e. The molecule has 3 heterocycles. The number of aromatic nitrogens is 1. The van der Waals surface area contributed by atoms with E-state index in [4.69, 9.17) is 14.2 Å². The summed E-state index contributed by atoms with van der Waals surface area (Å²) in [5.41, 5.74) is 2.58. The van der Waals surface area contributed by atoms with E-state index in [1.807, 2.05) is 18.2 Å². The third-order valence-electron chi connectivity index (χ3n) is 7.07. The van der Waals surface area contributed by atoms with E-state index in [-0.39, 0.29) is 37.4 Å². The van der Waals surface area contributed by atoms with E-state index in [1.54, 1.807) is 30.6 Å². The van der Waals surface area contributed by atoms with Gasteiger partial charge in [0.1, 0.15) is 17.7 Å². The van der Waals surface area contributed by atoms with Crippen LogP contribution in [0.2, 0.25) is 0 Å². The van der Waals surface area contributed by atoms with Gasteiger partial charge in [-0.15, -0.1) is 0 Å². The Balaban J connectivity index is 1.39. The van der Waals surface area contributed by atoms with Crippen LogP contribution in [0.25, 0.3) is 0 Å². The van der Waals surface area contributed by atoms with Gasteiger partial charge in [0, 0.05) is 51.1 Å². The summed E-state index contributed by atoms with van der Waals surface area (Å²) in [5.74, 6) is 0.361. The quantitative estimate of drug-likeness (QED) is 0.519. The number of carbonyl (C=O) groups is 2. The van der Waals surface area contributed by atoms with Crippen LogP contribution in [-0.2, 0) is 29.1 Å². The number of benzene rings is 2. The van der Waals surface area contributed by atoms with Crippen molar-refractivity contribution in [2.75, 3.05) is 26.8 Å². The molecule has 2 N–H and O–H groups in total. The van der Waals surface area contributed by atoms with Crippen LogP contribution in [0.1, 0.15) is 29.5 Å². The maximum atomic E-state index is 14.5. The number of amides is 2. The van der Waals surface area contributed by atoms with E-state index >= 15 is 0 Å². The van der Waals surface area contributed by atoms with Gasteiger partial charge in [0.2, 0.25) is 5.91 Å². The Hall–Kier alpha value is -4.18. The molecule has 1 aromatic heterocycles. The van der Waals surface area contributed by atoms with Gasteiger partial charge in [-0.05, 0) is 65.9 Å². The molecule has 2 amide bonds. The number of methoxy groups -OCH3 is 1. The fourth-order valence-corrected chi connectivity index (χ4v) is 5.06. The summed E-state index contributed by atoms with van der Waals surface area (Å²) in [5, 5.41) is 5.94. The SMILES string of the molecule is COc1ccc2cc1OCC(=O)N[C@@H]1CN(Cc3ccncc3)CC[C@H]1Oc1cc(F)cc(c1)CNC(=O)CC2. The predicted octanol–water partition coefficient (Wildman–Crippen LogP) is 3.01. The Morgan fingerprint density at radius 3 is 2.73 bits per heavy atom. The van der Waals surface area contributed by atoms with E-state index in [0.29, 0.717) is 48.7 Å². The maximum Gasteiger partial charge on any atom is 0.258 e. The molecule has 0 radical (unpaired) electrons. The van der Waals surface area contributed by atoms with E-state index in [2.05, 4.69) is 20.5 Å². The van der Waals surface area contributed by atoms with Crippen LogP contribution in [0.4, 0.5) is 4.39 Å². The molecule has 0 spiro atoms.